The van der Waals surface area contributed by atoms with E-state index in [1.54, 1.807) is 0 Å². The van der Waals surface area contributed by atoms with Crippen LogP contribution in [-0.2, 0) is 19.0 Å². The zero-order valence-corrected chi connectivity index (χ0v) is 14.7. The van der Waals surface area contributed by atoms with E-state index < -0.39 is 23.7 Å². The molecule has 0 radical (unpaired) electrons. The molecule has 3 atom stereocenters. The summed E-state index contributed by atoms with van der Waals surface area (Å²) in [7, 11) is 1.34. The van der Waals surface area contributed by atoms with Crippen LogP contribution in [0.5, 0.6) is 0 Å². The Hall–Kier alpha value is -1.34. The first kappa shape index (κ1) is 18.0. The van der Waals surface area contributed by atoms with Gasteiger partial charge in [0.05, 0.1) is 13.2 Å². The molecular weight excluding hydrogens is 300 g/mol. The van der Waals surface area contributed by atoms with E-state index in [0.29, 0.717) is 19.7 Å². The highest BCUT2D eigenvalue weighted by Crippen LogP contribution is 2.28. The highest BCUT2D eigenvalue weighted by molar-refractivity contribution is 5.82. The zero-order chi connectivity index (χ0) is 17.2. The third-order valence-electron chi connectivity index (χ3n) is 4.18. The molecule has 0 spiro atoms. The van der Waals surface area contributed by atoms with E-state index in [0.717, 1.165) is 13.0 Å². The molecular formula is C16H28N2O5. The van der Waals surface area contributed by atoms with Gasteiger partial charge in [-0.05, 0) is 34.1 Å². The summed E-state index contributed by atoms with van der Waals surface area (Å²) >= 11 is 0. The van der Waals surface area contributed by atoms with Crippen molar-refractivity contribution < 1.29 is 23.8 Å². The Bertz CT molecular complexity index is 448. The van der Waals surface area contributed by atoms with Gasteiger partial charge in [0.2, 0.25) is 0 Å². The van der Waals surface area contributed by atoms with Crippen molar-refractivity contribution in [1.82, 2.24) is 9.80 Å². The summed E-state index contributed by atoms with van der Waals surface area (Å²) < 4.78 is 16.0. The van der Waals surface area contributed by atoms with E-state index in [1.165, 1.54) is 12.0 Å². The van der Waals surface area contributed by atoms with E-state index in [4.69, 9.17) is 14.2 Å². The van der Waals surface area contributed by atoms with Crippen LogP contribution < -0.4 is 0 Å². The van der Waals surface area contributed by atoms with E-state index in [1.807, 2.05) is 27.7 Å². The molecule has 2 saturated heterocycles. The molecule has 2 fully saturated rings. The first-order valence-electron chi connectivity index (χ1n) is 8.18. The van der Waals surface area contributed by atoms with E-state index in [-0.39, 0.29) is 12.1 Å². The fraction of sp³-hybridized carbons (Fsp3) is 0.875. The van der Waals surface area contributed by atoms with Gasteiger partial charge in [-0.25, -0.2) is 9.59 Å². The van der Waals surface area contributed by atoms with Gasteiger partial charge in [0.15, 0.2) is 0 Å². The number of hydrogen-bond acceptors (Lipinski definition) is 6. The topological polar surface area (TPSA) is 68.3 Å². The third-order valence-corrected chi connectivity index (χ3v) is 4.18. The van der Waals surface area contributed by atoms with Crippen LogP contribution in [0.25, 0.3) is 0 Å². The summed E-state index contributed by atoms with van der Waals surface area (Å²) in [5.74, 6) is -0.408. The quantitative estimate of drug-likeness (QED) is 0.727. The first-order chi connectivity index (χ1) is 10.7. The normalized spacial score (nSPS) is 28.4. The lowest BCUT2D eigenvalue weighted by molar-refractivity contribution is -0.149. The maximum Gasteiger partial charge on any atom is 0.411 e. The summed E-state index contributed by atoms with van der Waals surface area (Å²) in [4.78, 5) is 28.3. The van der Waals surface area contributed by atoms with E-state index in [2.05, 4.69) is 4.90 Å². The van der Waals surface area contributed by atoms with Crippen LogP contribution in [0.15, 0.2) is 0 Å². The van der Waals surface area contributed by atoms with Crippen molar-refractivity contribution in [3.63, 3.8) is 0 Å². The monoisotopic (exact) mass is 328 g/mol. The van der Waals surface area contributed by atoms with E-state index >= 15 is 0 Å². The van der Waals surface area contributed by atoms with Gasteiger partial charge in [-0.1, -0.05) is 0 Å². The van der Waals surface area contributed by atoms with Gasteiger partial charge in [-0.15, -0.1) is 0 Å². The lowest BCUT2D eigenvalue weighted by Crippen LogP contribution is -2.61. The van der Waals surface area contributed by atoms with Crippen molar-refractivity contribution in [3.8, 4) is 0 Å². The molecule has 2 aliphatic rings. The number of piperazine rings is 1. The summed E-state index contributed by atoms with van der Waals surface area (Å²) in [5, 5.41) is 0. The predicted octanol–water partition coefficient (Wildman–Crippen LogP) is 1.26. The minimum Gasteiger partial charge on any atom is -0.467 e. The summed E-state index contributed by atoms with van der Waals surface area (Å²) in [6.45, 7) is 9.79. The molecule has 0 saturated carbocycles. The second-order valence-corrected chi connectivity index (χ2v) is 7.09. The zero-order valence-electron chi connectivity index (χ0n) is 14.7. The second kappa shape index (κ2) is 7.05. The fourth-order valence-electron chi connectivity index (χ4n) is 3.24. The maximum atomic E-state index is 12.5. The van der Waals surface area contributed by atoms with Crippen LogP contribution >= 0.6 is 0 Å². The largest absolute Gasteiger partial charge is 0.467 e. The number of hydrogen-bond donors (Lipinski definition) is 0. The van der Waals surface area contributed by atoms with Gasteiger partial charge in [0.1, 0.15) is 11.6 Å². The lowest BCUT2D eigenvalue weighted by atomic mass is 10.1. The Morgan fingerprint density at radius 1 is 1.17 bits per heavy atom. The molecule has 7 heteroatoms. The van der Waals surface area contributed by atoms with Crippen LogP contribution in [-0.4, -0.2) is 79.0 Å². The van der Waals surface area contributed by atoms with Crippen LogP contribution in [0.4, 0.5) is 4.79 Å². The average molecular weight is 328 g/mol. The molecule has 2 rings (SSSR count). The molecule has 2 aliphatic heterocycles. The number of fused-ring (bicyclic) bond motifs is 1. The summed E-state index contributed by atoms with van der Waals surface area (Å²) in [5.41, 5.74) is -0.599. The van der Waals surface area contributed by atoms with Crippen molar-refractivity contribution in [2.75, 3.05) is 33.4 Å². The smallest absolute Gasteiger partial charge is 0.411 e. The van der Waals surface area contributed by atoms with Gasteiger partial charge in [-0.3, -0.25) is 9.80 Å². The molecule has 1 amide bonds. The molecule has 0 aromatic heterocycles. The van der Waals surface area contributed by atoms with Crippen LogP contribution in [0.2, 0.25) is 0 Å². The number of nitrogens with zero attached hydrogens (tertiary/aromatic N) is 2. The number of esters is 1. The molecule has 23 heavy (non-hydrogen) atoms. The van der Waals surface area contributed by atoms with Crippen molar-refractivity contribution in [3.05, 3.63) is 0 Å². The van der Waals surface area contributed by atoms with Gasteiger partial charge in [0.25, 0.3) is 0 Å². The number of methoxy groups -OCH3 is 1. The molecule has 0 aromatic rings. The van der Waals surface area contributed by atoms with Gasteiger partial charge in [0, 0.05) is 32.3 Å². The van der Waals surface area contributed by atoms with Crippen LogP contribution in [0.3, 0.4) is 0 Å². The maximum absolute atomic E-state index is 12.5. The number of rotatable bonds is 3. The average Bonchev–Trinajstić information content (AvgIpc) is 2.85. The minimum absolute atomic E-state index is 0.155. The number of carbonyl (C=O) groups excluding carboxylic acids is 2. The molecule has 0 N–H and O–H groups in total. The van der Waals surface area contributed by atoms with Crippen molar-refractivity contribution in [2.24, 2.45) is 0 Å². The molecule has 0 unspecified atom stereocenters. The van der Waals surface area contributed by atoms with Gasteiger partial charge >= 0.3 is 12.1 Å². The highest BCUT2D eigenvalue weighted by Gasteiger charge is 2.46. The Morgan fingerprint density at radius 3 is 2.43 bits per heavy atom. The third kappa shape index (κ3) is 4.35. The number of amides is 1. The van der Waals surface area contributed by atoms with Crippen LogP contribution in [0, 0.1) is 0 Å². The number of ether oxygens (including phenoxy) is 3. The number of carbonyl (C=O) groups is 2. The minimum atomic E-state index is -0.633. The van der Waals surface area contributed by atoms with Crippen molar-refractivity contribution in [2.45, 2.75) is 57.9 Å². The lowest BCUT2D eigenvalue weighted by Gasteiger charge is -2.42. The molecule has 132 valence electrons. The first-order valence-corrected chi connectivity index (χ1v) is 8.18. The van der Waals surface area contributed by atoms with Crippen molar-refractivity contribution in [1.29, 1.82) is 0 Å². The molecule has 0 bridgehead atoms. The van der Waals surface area contributed by atoms with Crippen LogP contribution in [0.1, 0.15) is 34.1 Å². The Kier molecular flexibility index (Phi) is 5.52. The Labute approximate surface area is 137 Å². The molecule has 0 aliphatic carbocycles. The van der Waals surface area contributed by atoms with E-state index in [9.17, 15) is 9.59 Å². The van der Waals surface area contributed by atoms with Crippen molar-refractivity contribution >= 4 is 12.1 Å². The summed E-state index contributed by atoms with van der Waals surface area (Å²) in [6.07, 6.45) is 0.551. The fourth-order valence-corrected chi connectivity index (χ4v) is 3.24. The predicted molar refractivity (Wildman–Crippen MR) is 84.1 cm³/mol. The standard InChI is InChI=1S/C16H28N2O5/c1-6-22-12-7-11-8-18(15(20)23-16(2,3)4)13(14(19)21-5)10-17(11)9-12/h11-13H,6-10H2,1-5H3/t11-,12-,13+/m1/s1. The molecule has 0 aromatic carbocycles. The summed E-state index contributed by atoms with van der Waals surface area (Å²) in [6, 6.07) is -0.438. The highest BCUT2D eigenvalue weighted by atomic mass is 16.6. The van der Waals surface area contributed by atoms with Gasteiger partial charge in [-0.2, -0.15) is 0 Å². The molecule has 2 heterocycles. The SMILES string of the molecule is CCO[C@@H]1C[C@@H]2CN(C(=O)OC(C)(C)C)[C@H](C(=O)OC)CN2C1. The Balaban J connectivity index is 2.12. The molecule has 7 nitrogen and oxygen atoms in total. The second-order valence-electron chi connectivity index (χ2n) is 7.09. The van der Waals surface area contributed by atoms with Gasteiger partial charge < -0.3 is 14.2 Å². The Morgan fingerprint density at radius 2 is 1.87 bits per heavy atom.